The first-order valence-corrected chi connectivity index (χ1v) is 16.4. The number of hydrogen-bond donors (Lipinski definition) is 0. The molecule has 212 valence electrons. The maximum Gasteiger partial charge on any atom is 0.192 e. The van der Waals surface area contributed by atoms with Crippen molar-refractivity contribution in [2.24, 2.45) is 23.7 Å². The van der Waals surface area contributed by atoms with Crippen LogP contribution in [0.15, 0.2) is 18.2 Å². The number of ketones is 1. The minimum absolute atomic E-state index is 0.0286. The second-order valence-corrected chi connectivity index (χ2v) is 17.7. The van der Waals surface area contributed by atoms with E-state index in [2.05, 4.69) is 33.9 Å². The summed E-state index contributed by atoms with van der Waals surface area (Å²) in [6.07, 6.45) is 0.676. The normalized spacial score (nSPS) is 32.6. The van der Waals surface area contributed by atoms with E-state index in [0.29, 0.717) is 24.3 Å². The fraction of sp³-hybridized carbons (Fsp3) is 0.724. The van der Waals surface area contributed by atoms with Gasteiger partial charge in [-0.15, -0.1) is 0 Å². The Hall–Kier alpha value is -1.78. The molecule has 0 amide bonds. The molecule has 0 unspecified atom stereocenters. The molecule has 8 nitrogen and oxygen atoms in total. The summed E-state index contributed by atoms with van der Waals surface area (Å²) in [5.74, 6) is -0.645. The third-order valence-electron chi connectivity index (χ3n) is 8.91. The summed E-state index contributed by atoms with van der Waals surface area (Å²) in [7, 11) is 0.914. The van der Waals surface area contributed by atoms with Gasteiger partial charge in [-0.2, -0.15) is 0 Å². The van der Waals surface area contributed by atoms with Gasteiger partial charge in [-0.05, 0) is 68.4 Å². The maximum absolute atomic E-state index is 13.8. The van der Waals surface area contributed by atoms with E-state index < -0.39 is 32.2 Å². The second-order valence-electron chi connectivity index (χ2n) is 12.9. The van der Waals surface area contributed by atoms with Crippen LogP contribution in [0.5, 0.6) is 11.5 Å². The van der Waals surface area contributed by atoms with Crippen LogP contribution in [0.4, 0.5) is 0 Å². The van der Waals surface area contributed by atoms with Crippen molar-refractivity contribution in [2.45, 2.75) is 89.7 Å². The number of carbonyl (C=O) groups is 2. The molecular formula is C29H44O8Si. The van der Waals surface area contributed by atoms with Gasteiger partial charge in [-0.3, -0.25) is 4.79 Å². The Kier molecular flexibility index (Phi) is 8.19. The molecule has 2 saturated carbocycles. The van der Waals surface area contributed by atoms with Crippen molar-refractivity contribution in [2.75, 3.05) is 21.0 Å². The summed E-state index contributed by atoms with van der Waals surface area (Å²) < 4.78 is 35.9. The Morgan fingerprint density at radius 2 is 1.84 bits per heavy atom. The number of hydrogen-bond acceptors (Lipinski definition) is 8. The number of rotatable bonds is 9. The highest BCUT2D eigenvalue weighted by molar-refractivity contribution is 6.74. The molecule has 7 atom stereocenters. The van der Waals surface area contributed by atoms with Crippen LogP contribution in [-0.2, 0) is 34.6 Å². The predicted molar refractivity (Wildman–Crippen MR) is 145 cm³/mol. The van der Waals surface area contributed by atoms with Crippen LogP contribution >= 0.6 is 0 Å². The van der Waals surface area contributed by atoms with Crippen molar-refractivity contribution in [1.29, 1.82) is 0 Å². The first-order chi connectivity index (χ1) is 17.7. The lowest BCUT2D eigenvalue weighted by Gasteiger charge is -2.47. The average Bonchev–Trinajstić information content (AvgIpc) is 3.36. The van der Waals surface area contributed by atoms with Crippen LogP contribution in [-0.4, -0.2) is 65.5 Å². The highest BCUT2D eigenvalue weighted by atomic mass is 28.4. The monoisotopic (exact) mass is 548 g/mol. The zero-order valence-corrected chi connectivity index (χ0v) is 25.2. The fourth-order valence-electron chi connectivity index (χ4n) is 6.17. The van der Waals surface area contributed by atoms with E-state index in [4.69, 9.17) is 28.1 Å². The SMILES string of the molecule is COCOc1cc(C[C@@H]2C[C@@H](C=O)[C@@H]3C(=O)[C@H]4OC(C)(C)O[C@H]4[C@H](O[Si](C)(C)C(C)(C)C)[C@H]23)ccc1OC. The van der Waals surface area contributed by atoms with Crippen LogP contribution < -0.4 is 9.47 Å². The van der Waals surface area contributed by atoms with Crippen LogP contribution in [0.2, 0.25) is 18.1 Å². The van der Waals surface area contributed by atoms with Crippen LogP contribution in [0, 0.1) is 23.7 Å². The summed E-state index contributed by atoms with van der Waals surface area (Å²) in [6.45, 7) is 14.8. The average molecular weight is 549 g/mol. The summed E-state index contributed by atoms with van der Waals surface area (Å²) >= 11 is 0. The molecule has 1 aromatic rings. The molecule has 3 fully saturated rings. The molecule has 0 bridgehead atoms. The topological polar surface area (TPSA) is 89.5 Å². The Morgan fingerprint density at radius 3 is 2.45 bits per heavy atom. The van der Waals surface area contributed by atoms with Crippen molar-refractivity contribution in [1.82, 2.24) is 0 Å². The molecule has 1 aliphatic heterocycles. The Labute approximate surface area is 227 Å². The second kappa shape index (κ2) is 10.7. The van der Waals surface area contributed by atoms with Gasteiger partial charge in [0.15, 0.2) is 38.2 Å². The number of Topliss-reactive ketones (excluding diaryl/α,β-unsaturated/α-hetero) is 1. The third kappa shape index (κ3) is 5.45. The minimum atomic E-state index is -2.26. The first-order valence-electron chi connectivity index (χ1n) is 13.5. The van der Waals surface area contributed by atoms with Crippen molar-refractivity contribution >= 4 is 20.4 Å². The van der Waals surface area contributed by atoms with Gasteiger partial charge in [0, 0.05) is 24.9 Å². The molecule has 1 heterocycles. The van der Waals surface area contributed by atoms with Crippen molar-refractivity contribution in [3.8, 4) is 11.5 Å². The zero-order valence-electron chi connectivity index (χ0n) is 24.2. The number of fused-ring (bicyclic) bond motifs is 2. The van der Waals surface area contributed by atoms with Gasteiger partial charge in [0.25, 0.3) is 0 Å². The summed E-state index contributed by atoms with van der Waals surface area (Å²) in [4.78, 5) is 26.2. The molecule has 4 rings (SSSR count). The number of ether oxygens (including phenoxy) is 5. The van der Waals surface area contributed by atoms with E-state index in [1.165, 1.54) is 0 Å². The van der Waals surface area contributed by atoms with E-state index in [9.17, 15) is 9.59 Å². The Bertz CT molecular complexity index is 1030. The van der Waals surface area contributed by atoms with Gasteiger partial charge in [0.2, 0.25) is 0 Å². The van der Waals surface area contributed by atoms with Gasteiger partial charge < -0.3 is 32.9 Å². The summed E-state index contributed by atoms with van der Waals surface area (Å²) in [5.41, 5.74) is 1.04. The van der Waals surface area contributed by atoms with E-state index in [-0.39, 0.29) is 41.5 Å². The van der Waals surface area contributed by atoms with Gasteiger partial charge in [-0.25, -0.2) is 0 Å². The quantitative estimate of drug-likeness (QED) is 0.247. The van der Waals surface area contributed by atoms with E-state index in [1.807, 2.05) is 32.0 Å². The van der Waals surface area contributed by atoms with Crippen molar-refractivity contribution in [3.63, 3.8) is 0 Å². The third-order valence-corrected chi connectivity index (χ3v) is 13.4. The van der Waals surface area contributed by atoms with Crippen LogP contribution in [0.3, 0.4) is 0 Å². The number of benzene rings is 1. The Balaban J connectivity index is 1.72. The molecule has 0 aromatic heterocycles. The lowest BCUT2D eigenvalue weighted by molar-refractivity contribution is -0.157. The molecular weight excluding hydrogens is 504 g/mol. The molecule has 0 spiro atoms. The predicted octanol–water partition coefficient (Wildman–Crippen LogP) is 4.78. The lowest BCUT2D eigenvalue weighted by Crippen LogP contribution is -2.60. The number of methoxy groups -OCH3 is 2. The summed E-state index contributed by atoms with van der Waals surface area (Å²) in [6, 6.07) is 5.85. The van der Waals surface area contributed by atoms with Crippen molar-refractivity contribution < 1.29 is 37.7 Å². The van der Waals surface area contributed by atoms with E-state index in [1.54, 1.807) is 14.2 Å². The largest absolute Gasteiger partial charge is 0.493 e. The molecule has 9 heteroatoms. The van der Waals surface area contributed by atoms with Gasteiger partial charge in [-0.1, -0.05) is 26.8 Å². The van der Waals surface area contributed by atoms with Crippen molar-refractivity contribution in [3.05, 3.63) is 23.8 Å². The van der Waals surface area contributed by atoms with E-state index >= 15 is 0 Å². The standard InChI is InChI=1S/C29H44O8Si/c1-28(2,3)38(8,9)37-25-23-18(12-17-10-11-20(33-7)21(13-17)34-16-32-6)14-19(15-30)22(23)24(31)26-27(25)36-29(4,5)35-26/h10-11,13,15,18-19,22-23,25-27H,12,14,16H2,1-9H3/t18-,19+,22+,23-,25-,26-,27+/m1/s1. The molecule has 1 aromatic carbocycles. The fourth-order valence-corrected chi connectivity index (χ4v) is 7.50. The zero-order chi connectivity index (χ0) is 28.0. The molecule has 3 aliphatic rings. The molecule has 2 aliphatic carbocycles. The highest BCUT2D eigenvalue weighted by Gasteiger charge is 2.64. The molecule has 38 heavy (non-hydrogen) atoms. The smallest absolute Gasteiger partial charge is 0.192 e. The maximum atomic E-state index is 13.8. The molecule has 0 radical (unpaired) electrons. The first kappa shape index (κ1) is 29.2. The summed E-state index contributed by atoms with van der Waals surface area (Å²) in [5, 5.41) is -0.0316. The minimum Gasteiger partial charge on any atom is -0.493 e. The van der Waals surface area contributed by atoms with Gasteiger partial charge in [0.1, 0.15) is 18.5 Å². The highest BCUT2D eigenvalue weighted by Crippen LogP contribution is 2.54. The molecule has 1 saturated heterocycles. The van der Waals surface area contributed by atoms with Gasteiger partial charge in [0.05, 0.1) is 13.2 Å². The lowest BCUT2D eigenvalue weighted by atomic mass is 9.70. The van der Waals surface area contributed by atoms with Gasteiger partial charge >= 0.3 is 0 Å². The van der Waals surface area contributed by atoms with E-state index in [0.717, 1.165) is 11.8 Å². The number of carbonyl (C=O) groups excluding carboxylic acids is 2. The number of aldehydes is 1. The van der Waals surface area contributed by atoms with Crippen LogP contribution in [0.25, 0.3) is 0 Å². The Morgan fingerprint density at radius 1 is 1.13 bits per heavy atom. The van der Waals surface area contributed by atoms with Crippen LogP contribution in [0.1, 0.15) is 46.6 Å². The molecule has 0 N–H and O–H groups in total.